The Hall–Kier alpha value is -0.330. The third kappa shape index (κ3) is 3.33. The van der Waals surface area contributed by atoms with E-state index in [4.69, 9.17) is 4.42 Å². The molecule has 0 N–H and O–H groups in total. The highest BCUT2D eigenvalue weighted by Crippen LogP contribution is 2.16. The molecule has 0 aliphatic rings. The van der Waals surface area contributed by atoms with Crippen LogP contribution in [-0.4, -0.2) is 23.4 Å². The molecule has 0 spiro atoms. The van der Waals surface area contributed by atoms with Crippen LogP contribution in [-0.2, 0) is 16.6 Å². The van der Waals surface area contributed by atoms with E-state index in [-0.39, 0.29) is 17.2 Å². The van der Waals surface area contributed by atoms with Gasteiger partial charge < -0.3 is 4.42 Å². The Labute approximate surface area is 105 Å². The highest BCUT2D eigenvalue weighted by Gasteiger charge is 2.24. The normalized spacial score (nSPS) is 12.6. The van der Waals surface area contributed by atoms with E-state index in [9.17, 15) is 8.42 Å². The third-order valence-electron chi connectivity index (χ3n) is 2.18. The number of rotatable bonds is 5. The highest BCUT2D eigenvalue weighted by atomic mass is 79.9. The smallest absolute Gasteiger partial charge is 0.224 e. The van der Waals surface area contributed by atoms with Crippen molar-refractivity contribution in [2.24, 2.45) is 0 Å². The molecule has 1 heterocycles. The summed E-state index contributed by atoms with van der Waals surface area (Å²) in [5.41, 5.74) is 0. The SMILES string of the molecule is Cc1ccc(CN(C(C)C)S(=O)(=O)CBr)o1. The van der Waals surface area contributed by atoms with Gasteiger partial charge in [0.1, 0.15) is 16.2 Å². The number of sulfonamides is 1. The minimum atomic E-state index is -3.26. The van der Waals surface area contributed by atoms with Crippen LogP contribution in [0.4, 0.5) is 0 Å². The first kappa shape index (κ1) is 13.7. The van der Waals surface area contributed by atoms with E-state index in [2.05, 4.69) is 15.9 Å². The summed E-state index contributed by atoms with van der Waals surface area (Å²) in [6.07, 6.45) is 0. The molecule has 4 nitrogen and oxygen atoms in total. The number of aryl methyl sites for hydroxylation is 1. The maximum atomic E-state index is 11.8. The van der Waals surface area contributed by atoms with Gasteiger partial charge in [0.2, 0.25) is 10.0 Å². The molecular weight excluding hydrogens is 294 g/mol. The fourth-order valence-electron chi connectivity index (χ4n) is 1.39. The molecule has 1 aromatic rings. The lowest BCUT2D eigenvalue weighted by Gasteiger charge is -2.23. The fourth-order valence-corrected chi connectivity index (χ4v) is 3.27. The van der Waals surface area contributed by atoms with E-state index in [0.717, 1.165) is 5.76 Å². The molecule has 16 heavy (non-hydrogen) atoms. The van der Waals surface area contributed by atoms with E-state index in [1.165, 1.54) is 4.31 Å². The summed E-state index contributed by atoms with van der Waals surface area (Å²) in [6.45, 7) is 5.80. The number of hydrogen-bond acceptors (Lipinski definition) is 3. The summed E-state index contributed by atoms with van der Waals surface area (Å²) in [5, 5.41) is 0. The van der Waals surface area contributed by atoms with Crippen molar-refractivity contribution in [3.05, 3.63) is 23.7 Å². The molecule has 1 aromatic heterocycles. The molecule has 0 fully saturated rings. The molecule has 6 heteroatoms. The number of alkyl halides is 1. The Morgan fingerprint density at radius 2 is 2.06 bits per heavy atom. The third-order valence-corrected chi connectivity index (χ3v) is 5.46. The van der Waals surface area contributed by atoms with Crippen LogP contribution >= 0.6 is 15.9 Å². The van der Waals surface area contributed by atoms with Crippen LogP contribution < -0.4 is 0 Å². The van der Waals surface area contributed by atoms with Crippen LogP contribution in [0.3, 0.4) is 0 Å². The van der Waals surface area contributed by atoms with Gasteiger partial charge in [-0.1, -0.05) is 15.9 Å². The Bertz CT molecular complexity index is 439. The van der Waals surface area contributed by atoms with E-state index in [0.29, 0.717) is 5.76 Å². The Morgan fingerprint density at radius 3 is 2.44 bits per heavy atom. The van der Waals surface area contributed by atoms with Crippen molar-refractivity contribution in [3.8, 4) is 0 Å². The maximum absolute atomic E-state index is 11.8. The summed E-state index contributed by atoms with van der Waals surface area (Å²) in [5.74, 6) is 1.45. The van der Waals surface area contributed by atoms with Crippen molar-refractivity contribution in [1.29, 1.82) is 0 Å². The average Bonchev–Trinajstić information content (AvgIpc) is 2.60. The largest absolute Gasteiger partial charge is 0.465 e. The zero-order chi connectivity index (χ0) is 12.3. The van der Waals surface area contributed by atoms with Crippen LogP contribution in [0.25, 0.3) is 0 Å². The van der Waals surface area contributed by atoms with Gasteiger partial charge in [0.15, 0.2) is 0 Å². The molecule has 0 bridgehead atoms. The minimum absolute atomic E-state index is 0.0716. The second-order valence-corrected chi connectivity index (χ2v) is 7.10. The van der Waals surface area contributed by atoms with Gasteiger partial charge in [-0.3, -0.25) is 0 Å². The van der Waals surface area contributed by atoms with Crippen LogP contribution in [0.5, 0.6) is 0 Å². The van der Waals surface area contributed by atoms with E-state index in [1.807, 2.05) is 26.8 Å². The van der Waals surface area contributed by atoms with Gasteiger partial charge in [0.25, 0.3) is 0 Å². The Morgan fingerprint density at radius 1 is 1.44 bits per heavy atom. The molecule has 0 aliphatic heterocycles. The van der Waals surface area contributed by atoms with E-state index >= 15 is 0 Å². The quantitative estimate of drug-likeness (QED) is 0.785. The lowest BCUT2D eigenvalue weighted by molar-refractivity contribution is 0.316. The van der Waals surface area contributed by atoms with E-state index < -0.39 is 10.0 Å². The average molecular weight is 310 g/mol. The van der Waals surface area contributed by atoms with Crippen molar-refractivity contribution >= 4 is 26.0 Å². The summed E-state index contributed by atoms with van der Waals surface area (Å²) >= 11 is 3.00. The molecule has 0 atom stereocenters. The summed E-state index contributed by atoms with van der Waals surface area (Å²) in [6, 6.07) is 3.54. The predicted octanol–water partition coefficient (Wildman–Crippen LogP) is 2.48. The zero-order valence-corrected chi connectivity index (χ0v) is 12.0. The van der Waals surface area contributed by atoms with Gasteiger partial charge in [-0.05, 0) is 32.9 Å². The summed E-state index contributed by atoms with van der Waals surface area (Å²) in [4.78, 5) is 0. The molecule has 0 unspecified atom stereocenters. The lowest BCUT2D eigenvalue weighted by atomic mass is 10.3. The van der Waals surface area contributed by atoms with Crippen molar-refractivity contribution in [2.75, 3.05) is 4.66 Å². The van der Waals surface area contributed by atoms with Crippen molar-refractivity contribution in [1.82, 2.24) is 4.31 Å². The van der Waals surface area contributed by atoms with Crippen LogP contribution in [0.2, 0.25) is 0 Å². The number of hydrogen-bond donors (Lipinski definition) is 0. The lowest BCUT2D eigenvalue weighted by Crippen LogP contribution is -2.36. The van der Waals surface area contributed by atoms with Gasteiger partial charge in [-0.25, -0.2) is 8.42 Å². The van der Waals surface area contributed by atoms with Crippen LogP contribution in [0, 0.1) is 6.92 Å². The monoisotopic (exact) mass is 309 g/mol. The summed E-state index contributed by atoms with van der Waals surface area (Å²) < 4.78 is 30.3. The second kappa shape index (κ2) is 5.33. The van der Waals surface area contributed by atoms with Gasteiger partial charge >= 0.3 is 0 Å². The van der Waals surface area contributed by atoms with Crippen molar-refractivity contribution < 1.29 is 12.8 Å². The molecule has 0 saturated heterocycles. The maximum Gasteiger partial charge on any atom is 0.224 e. The number of furan rings is 1. The molecule has 0 radical (unpaired) electrons. The predicted molar refractivity (Wildman–Crippen MR) is 66.8 cm³/mol. The second-order valence-electron chi connectivity index (χ2n) is 3.87. The van der Waals surface area contributed by atoms with Gasteiger partial charge in [0, 0.05) is 6.04 Å². The van der Waals surface area contributed by atoms with Gasteiger partial charge in [-0.2, -0.15) is 4.31 Å². The minimum Gasteiger partial charge on any atom is -0.465 e. The highest BCUT2D eigenvalue weighted by molar-refractivity contribution is 9.10. The number of halogens is 1. The first-order chi connectivity index (χ1) is 7.36. The fraction of sp³-hybridized carbons (Fsp3) is 0.600. The van der Waals surface area contributed by atoms with E-state index in [1.54, 1.807) is 6.07 Å². The van der Waals surface area contributed by atoms with Crippen molar-refractivity contribution in [3.63, 3.8) is 0 Å². The van der Waals surface area contributed by atoms with Gasteiger partial charge in [0.05, 0.1) is 6.54 Å². The molecular formula is C10H16BrNO3S. The first-order valence-electron chi connectivity index (χ1n) is 4.97. The standard InChI is InChI=1S/C10H16BrNO3S/c1-8(2)12(16(13,14)7-11)6-10-5-4-9(3)15-10/h4-5,8H,6-7H2,1-3H3. The molecule has 1 rings (SSSR count). The first-order valence-corrected chi connectivity index (χ1v) is 7.70. The Kier molecular flexibility index (Phi) is 4.58. The van der Waals surface area contributed by atoms with Crippen LogP contribution in [0.15, 0.2) is 16.5 Å². The molecule has 92 valence electrons. The molecule has 0 aliphatic carbocycles. The summed E-state index contributed by atoms with van der Waals surface area (Å²) in [7, 11) is -3.26. The van der Waals surface area contributed by atoms with Gasteiger partial charge in [-0.15, -0.1) is 0 Å². The molecule has 0 amide bonds. The Balaban J connectivity index is 2.89. The molecule has 0 saturated carbocycles. The topological polar surface area (TPSA) is 50.5 Å². The molecule has 0 aromatic carbocycles. The number of nitrogens with zero attached hydrogens (tertiary/aromatic N) is 1. The zero-order valence-electron chi connectivity index (χ0n) is 9.60. The van der Waals surface area contributed by atoms with Crippen LogP contribution in [0.1, 0.15) is 25.4 Å². The van der Waals surface area contributed by atoms with Crippen molar-refractivity contribution in [2.45, 2.75) is 33.4 Å².